The van der Waals surface area contributed by atoms with E-state index in [0.717, 1.165) is 12.5 Å². The minimum atomic E-state index is -0.0951. The van der Waals surface area contributed by atoms with Crippen molar-refractivity contribution < 1.29 is 9.53 Å². The predicted molar refractivity (Wildman–Crippen MR) is 73.6 cm³/mol. The quantitative estimate of drug-likeness (QED) is 0.703. The number of esters is 1. The SMILES string of the molecule is CCOC(=O)CCNC1CCN(CC(C)C)CC1. The minimum absolute atomic E-state index is 0.0951. The molecular weight excluding hydrogens is 228 g/mol. The van der Waals surface area contributed by atoms with Crippen molar-refractivity contribution in [2.45, 2.75) is 46.1 Å². The van der Waals surface area contributed by atoms with E-state index in [2.05, 4.69) is 24.1 Å². The van der Waals surface area contributed by atoms with Crippen molar-refractivity contribution in [2.75, 3.05) is 32.8 Å². The Morgan fingerprint density at radius 2 is 2.06 bits per heavy atom. The molecule has 0 saturated carbocycles. The first-order chi connectivity index (χ1) is 8.61. The van der Waals surface area contributed by atoms with Crippen LogP contribution in [0.5, 0.6) is 0 Å². The average molecular weight is 256 g/mol. The lowest BCUT2D eigenvalue weighted by Crippen LogP contribution is -2.44. The number of carbonyl (C=O) groups is 1. The molecule has 0 unspecified atom stereocenters. The number of hydrogen-bond donors (Lipinski definition) is 1. The molecule has 1 aliphatic rings. The summed E-state index contributed by atoms with van der Waals surface area (Å²) in [7, 11) is 0. The van der Waals surface area contributed by atoms with Crippen LogP contribution in [0.2, 0.25) is 0 Å². The zero-order valence-corrected chi connectivity index (χ0v) is 12.1. The van der Waals surface area contributed by atoms with Crippen molar-refractivity contribution in [3.8, 4) is 0 Å². The van der Waals surface area contributed by atoms with Crippen molar-refractivity contribution in [2.24, 2.45) is 5.92 Å². The topological polar surface area (TPSA) is 41.6 Å². The molecule has 0 aromatic heterocycles. The van der Waals surface area contributed by atoms with Crippen LogP contribution in [0.15, 0.2) is 0 Å². The minimum Gasteiger partial charge on any atom is -0.466 e. The number of hydrogen-bond acceptors (Lipinski definition) is 4. The van der Waals surface area contributed by atoms with Crippen LogP contribution in [0.4, 0.5) is 0 Å². The van der Waals surface area contributed by atoms with E-state index >= 15 is 0 Å². The van der Waals surface area contributed by atoms with Gasteiger partial charge in [0.25, 0.3) is 0 Å². The van der Waals surface area contributed by atoms with Gasteiger partial charge in [-0.3, -0.25) is 4.79 Å². The Hall–Kier alpha value is -0.610. The molecule has 1 rings (SSSR count). The molecule has 106 valence electrons. The standard InChI is InChI=1S/C14H28N2O2/c1-4-18-14(17)5-8-15-13-6-9-16(10-7-13)11-12(2)3/h12-13,15H,4-11H2,1-3H3. The second kappa shape index (κ2) is 8.48. The summed E-state index contributed by atoms with van der Waals surface area (Å²) >= 11 is 0. The fourth-order valence-corrected chi connectivity index (χ4v) is 2.45. The number of nitrogens with one attached hydrogen (secondary N) is 1. The van der Waals surface area contributed by atoms with E-state index in [1.165, 1.54) is 32.5 Å². The molecule has 0 aromatic carbocycles. The Kier molecular flexibility index (Phi) is 7.28. The van der Waals surface area contributed by atoms with Crippen LogP contribution in [0.3, 0.4) is 0 Å². The van der Waals surface area contributed by atoms with Crippen LogP contribution in [-0.2, 0) is 9.53 Å². The van der Waals surface area contributed by atoms with E-state index < -0.39 is 0 Å². The molecule has 4 nitrogen and oxygen atoms in total. The van der Waals surface area contributed by atoms with Crippen LogP contribution in [0.25, 0.3) is 0 Å². The highest BCUT2D eigenvalue weighted by Gasteiger charge is 2.19. The first-order valence-corrected chi connectivity index (χ1v) is 7.23. The highest BCUT2D eigenvalue weighted by molar-refractivity contribution is 5.69. The maximum absolute atomic E-state index is 11.2. The van der Waals surface area contributed by atoms with Gasteiger partial charge in [0.1, 0.15) is 0 Å². The monoisotopic (exact) mass is 256 g/mol. The lowest BCUT2D eigenvalue weighted by molar-refractivity contribution is -0.143. The largest absolute Gasteiger partial charge is 0.466 e. The van der Waals surface area contributed by atoms with E-state index in [9.17, 15) is 4.79 Å². The first-order valence-electron chi connectivity index (χ1n) is 7.23. The molecule has 0 aromatic rings. The summed E-state index contributed by atoms with van der Waals surface area (Å²) < 4.78 is 4.90. The number of nitrogens with zero attached hydrogens (tertiary/aromatic N) is 1. The summed E-state index contributed by atoms with van der Waals surface area (Å²) in [5, 5.41) is 3.46. The number of likely N-dealkylation sites (tertiary alicyclic amines) is 1. The fourth-order valence-electron chi connectivity index (χ4n) is 2.45. The Balaban J connectivity index is 2.07. The molecule has 0 aliphatic carbocycles. The molecule has 1 saturated heterocycles. The Labute approximate surface area is 111 Å². The van der Waals surface area contributed by atoms with Gasteiger partial charge in [-0.25, -0.2) is 0 Å². The Morgan fingerprint density at radius 1 is 1.39 bits per heavy atom. The maximum Gasteiger partial charge on any atom is 0.307 e. The van der Waals surface area contributed by atoms with Gasteiger partial charge in [0.2, 0.25) is 0 Å². The number of carbonyl (C=O) groups excluding carboxylic acids is 1. The zero-order valence-electron chi connectivity index (χ0n) is 12.1. The third-order valence-electron chi connectivity index (χ3n) is 3.28. The van der Waals surface area contributed by atoms with Crippen molar-refractivity contribution in [1.29, 1.82) is 0 Å². The second-order valence-electron chi connectivity index (χ2n) is 5.48. The maximum atomic E-state index is 11.2. The third kappa shape index (κ3) is 6.36. The van der Waals surface area contributed by atoms with Crippen molar-refractivity contribution in [3.05, 3.63) is 0 Å². The fraction of sp³-hybridized carbons (Fsp3) is 0.929. The summed E-state index contributed by atoms with van der Waals surface area (Å²) in [6.07, 6.45) is 2.87. The normalized spacial score (nSPS) is 18.2. The molecule has 4 heteroatoms. The number of rotatable bonds is 7. The second-order valence-corrected chi connectivity index (χ2v) is 5.48. The van der Waals surface area contributed by atoms with E-state index in [0.29, 0.717) is 19.1 Å². The van der Waals surface area contributed by atoms with Crippen LogP contribution in [0, 0.1) is 5.92 Å². The molecule has 0 radical (unpaired) electrons. The molecule has 0 atom stereocenters. The van der Waals surface area contributed by atoms with Gasteiger partial charge in [0, 0.05) is 19.1 Å². The highest BCUT2D eigenvalue weighted by atomic mass is 16.5. The highest BCUT2D eigenvalue weighted by Crippen LogP contribution is 2.11. The molecule has 1 aliphatic heterocycles. The Bertz CT molecular complexity index is 236. The third-order valence-corrected chi connectivity index (χ3v) is 3.28. The van der Waals surface area contributed by atoms with Crippen LogP contribution < -0.4 is 5.32 Å². The summed E-state index contributed by atoms with van der Waals surface area (Å²) in [5.74, 6) is 0.653. The molecule has 1 heterocycles. The van der Waals surface area contributed by atoms with Gasteiger partial charge in [-0.15, -0.1) is 0 Å². The van der Waals surface area contributed by atoms with E-state index in [1.807, 2.05) is 6.92 Å². The van der Waals surface area contributed by atoms with E-state index in [4.69, 9.17) is 4.74 Å². The van der Waals surface area contributed by atoms with Gasteiger partial charge in [-0.05, 0) is 38.8 Å². The van der Waals surface area contributed by atoms with Gasteiger partial charge in [-0.2, -0.15) is 0 Å². The van der Waals surface area contributed by atoms with Crippen LogP contribution >= 0.6 is 0 Å². The predicted octanol–water partition coefficient (Wildman–Crippen LogP) is 1.65. The lowest BCUT2D eigenvalue weighted by Gasteiger charge is -2.33. The number of piperidine rings is 1. The van der Waals surface area contributed by atoms with Gasteiger partial charge in [0.05, 0.1) is 13.0 Å². The molecular formula is C14H28N2O2. The van der Waals surface area contributed by atoms with Crippen LogP contribution in [-0.4, -0.2) is 49.7 Å². The van der Waals surface area contributed by atoms with Crippen LogP contribution in [0.1, 0.15) is 40.0 Å². The summed E-state index contributed by atoms with van der Waals surface area (Å²) in [6, 6.07) is 0.572. The zero-order chi connectivity index (χ0) is 13.4. The molecule has 0 bridgehead atoms. The summed E-state index contributed by atoms with van der Waals surface area (Å²) in [5.41, 5.74) is 0. The summed E-state index contributed by atoms with van der Waals surface area (Å²) in [6.45, 7) is 11.2. The molecule has 0 amide bonds. The molecule has 0 spiro atoms. The first kappa shape index (κ1) is 15.4. The molecule has 1 fully saturated rings. The molecule has 1 N–H and O–H groups in total. The summed E-state index contributed by atoms with van der Waals surface area (Å²) in [4.78, 5) is 13.7. The van der Waals surface area contributed by atoms with E-state index in [1.54, 1.807) is 0 Å². The number of ether oxygens (including phenoxy) is 1. The molecule has 18 heavy (non-hydrogen) atoms. The smallest absolute Gasteiger partial charge is 0.307 e. The van der Waals surface area contributed by atoms with Gasteiger partial charge in [0.15, 0.2) is 0 Å². The van der Waals surface area contributed by atoms with Gasteiger partial charge in [-0.1, -0.05) is 13.8 Å². The Morgan fingerprint density at radius 3 is 2.61 bits per heavy atom. The lowest BCUT2D eigenvalue weighted by atomic mass is 10.0. The van der Waals surface area contributed by atoms with Crippen molar-refractivity contribution >= 4 is 5.97 Å². The van der Waals surface area contributed by atoms with E-state index in [-0.39, 0.29) is 5.97 Å². The van der Waals surface area contributed by atoms with Gasteiger partial charge >= 0.3 is 5.97 Å². The van der Waals surface area contributed by atoms with Crippen molar-refractivity contribution in [3.63, 3.8) is 0 Å². The van der Waals surface area contributed by atoms with Crippen molar-refractivity contribution in [1.82, 2.24) is 10.2 Å². The average Bonchev–Trinajstić information content (AvgIpc) is 2.31. The van der Waals surface area contributed by atoms with Gasteiger partial charge < -0.3 is 15.0 Å².